The van der Waals surface area contributed by atoms with Crippen LogP contribution in [0.5, 0.6) is 0 Å². The first-order chi connectivity index (χ1) is 8.66. The number of nitrogens with one attached hydrogen (secondary N) is 2. The molecule has 1 aromatic carbocycles. The van der Waals surface area contributed by atoms with Crippen molar-refractivity contribution in [3.63, 3.8) is 0 Å². The van der Waals surface area contributed by atoms with Crippen LogP contribution in [0.3, 0.4) is 0 Å². The lowest BCUT2D eigenvalue weighted by Crippen LogP contribution is -2.43. The summed E-state index contributed by atoms with van der Waals surface area (Å²) < 4.78 is 5.46. The third-order valence-electron chi connectivity index (χ3n) is 3.31. The first-order valence-corrected chi connectivity index (χ1v) is 6.87. The molecular weight excluding hydrogens is 248 g/mol. The predicted molar refractivity (Wildman–Crippen MR) is 76.5 cm³/mol. The van der Waals surface area contributed by atoms with Crippen LogP contribution >= 0.6 is 11.6 Å². The average Bonchev–Trinajstić information content (AvgIpc) is 2.36. The van der Waals surface area contributed by atoms with E-state index < -0.39 is 0 Å². The highest BCUT2D eigenvalue weighted by atomic mass is 35.5. The van der Waals surface area contributed by atoms with Crippen molar-refractivity contribution in [2.24, 2.45) is 0 Å². The topological polar surface area (TPSA) is 33.3 Å². The molecule has 1 fully saturated rings. The lowest BCUT2D eigenvalue weighted by Gasteiger charge is -2.27. The molecule has 1 saturated heterocycles. The van der Waals surface area contributed by atoms with E-state index >= 15 is 0 Å². The van der Waals surface area contributed by atoms with Gasteiger partial charge >= 0.3 is 0 Å². The highest BCUT2D eigenvalue weighted by Gasteiger charge is 2.16. The lowest BCUT2D eigenvalue weighted by atomic mass is 10.1. The Hall–Kier alpha value is -0.770. The van der Waals surface area contributed by atoms with Gasteiger partial charge in [0.2, 0.25) is 0 Å². The normalized spacial score (nSPS) is 21.6. The molecule has 1 heterocycles. The maximum atomic E-state index is 6.12. The van der Waals surface area contributed by atoms with Crippen LogP contribution in [-0.4, -0.2) is 31.8 Å². The van der Waals surface area contributed by atoms with Crippen LogP contribution in [0.1, 0.15) is 18.9 Å². The molecule has 0 bridgehead atoms. The minimum Gasteiger partial charge on any atom is -0.382 e. The van der Waals surface area contributed by atoms with Gasteiger partial charge in [-0.05, 0) is 38.0 Å². The van der Waals surface area contributed by atoms with Gasteiger partial charge in [0, 0.05) is 29.3 Å². The van der Waals surface area contributed by atoms with Gasteiger partial charge in [0.05, 0.1) is 13.2 Å². The summed E-state index contributed by atoms with van der Waals surface area (Å²) in [5, 5.41) is 7.80. The molecule has 4 heteroatoms. The second kappa shape index (κ2) is 6.41. The van der Waals surface area contributed by atoms with Crippen LogP contribution in [0.2, 0.25) is 5.02 Å². The largest absolute Gasteiger partial charge is 0.382 e. The summed E-state index contributed by atoms with van der Waals surface area (Å²) in [7, 11) is 0. The molecule has 1 aromatic rings. The van der Waals surface area contributed by atoms with Gasteiger partial charge in [-0.25, -0.2) is 0 Å². The Morgan fingerprint density at radius 2 is 2.39 bits per heavy atom. The van der Waals surface area contributed by atoms with Crippen LogP contribution in [0.25, 0.3) is 0 Å². The highest BCUT2D eigenvalue weighted by Crippen LogP contribution is 2.24. The number of halogens is 1. The molecule has 100 valence electrons. The molecule has 2 N–H and O–H groups in total. The van der Waals surface area contributed by atoms with Gasteiger partial charge in [0.1, 0.15) is 0 Å². The van der Waals surface area contributed by atoms with Gasteiger partial charge in [0.25, 0.3) is 0 Å². The number of morpholine rings is 1. The Morgan fingerprint density at radius 3 is 3.11 bits per heavy atom. The Bertz CT molecular complexity index is 391. The van der Waals surface area contributed by atoms with Crippen LogP contribution < -0.4 is 10.6 Å². The molecule has 2 atom stereocenters. The maximum absolute atomic E-state index is 6.12. The maximum Gasteiger partial charge on any atom is 0.0621 e. The van der Waals surface area contributed by atoms with E-state index in [2.05, 4.69) is 23.6 Å². The standard InChI is InChI=1S/C14H21ClN2O/c1-10(8-12-9-18-7-6-16-12)17-14-5-3-4-13(15)11(14)2/h3-5,10,12,16-17H,6-9H2,1-2H3. The molecule has 2 unspecified atom stereocenters. The average molecular weight is 269 g/mol. The first kappa shape index (κ1) is 13.7. The number of hydrogen-bond donors (Lipinski definition) is 2. The van der Waals surface area contributed by atoms with E-state index in [1.54, 1.807) is 0 Å². The smallest absolute Gasteiger partial charge is 0.0621 e. The lowest BCUT2D eigenvalue weighted by molar-refractivity contribution is 0.0731. The fourth-order valence-corrected chi connectivity index (χ4v) is 2.46. The van der Waals surface area contributed by atoms with Gasteiger partial charge in [0.15, 0.2) is 0 Å². The van der Waals surface area contributed by atoms with E-state index in [1.807, 2.05) is 19.1 Å². The third kappa shape index (κ3) is 3.61. The minimum absolute atomic E-state index is 0.390. The third-order valence-corrected chi connectivity index (χ3v) is 3.72. The van der Waals surface area contributed by atoms with E-state index in [4.69, 9.17) is 16.3 Å². The number of hydrogen-bond acceptors (Lipinski definition) is 3. The second-order valence-electron chi connectivity index (χ2n) is 4.92. The van der Waals surface area contributed by atoms with Gasteiger partial charge < -0.3 is 15.4 Å². The number of anilines is 1. The first-order valence-electron chi connectivity index (χ1n) is 6.49. The van der Waals surface area contributed by atoms with Gasteiger partial charge in [-0.1, -0.05) is 17.7 Å². The fraction of sp³-hybridized carbons (Fsp3) is 0.571. The Kier molecular flexibility index (Phi) is 4.87. The summed E-state index contributed by atoms with van der Waals surface area (Å²) in [6, 6.07) is 6.81. The minimum atomic E-state index is 0.390. The van der Waals surface area contributed by atoms with Crippen LogP contribution in [0, 0.1) is 6.92 Å². The van der Waals surface area contributed by atoms with Crippen molar-refractivity contribution in [3.05, 3.63) is 28.8 Å². The van der Waals surface area contributed by atoms with E-state index in [1.165, 1.54) is 0 Å². The summed E-state index contributed by atoms with van der Waals surface area (Å²) in [4.78, 5) is 0. The Balaban J connectivity index is 1.90. The zero-order chi connectivity index (χ0) is 13.0. The van der Waals surface area contributed by atoms with Crippen molar-refractivity contribution in [1.82, 2.24) is 5.32 Å². The molecule has 0 aromatic heterocycles. The summed E-state index contributed by atoms with van der Waals surface area (Å²) in [6.45, 7) is 6.82. The number of rotatable bonds is 4. The number of benzene rings is 1. The molecule has 0 spiro atoms. The van der Waals surface area contributed by atoms with Crippen molar-refractivity contribution in [3.8, 4) is 0 Å². The van der Waals surface area contributed by atoms with Gasteiger partial charge in [-0.2, -0.15) is 0 Å². The molecule has 0 amide bonds. The Labute approximate surface area is 114 Å². The Morgan fingerprint density at radius 1 is 1.56 bits per heavy atom. The van der Waals surface area contributed by atoms with Crippen molar-refractivity contribution in [2.75, 3.05) is 25.1 Å². The van der Waals surface area contributed by atoms with E-state index in [-0.39, 0.29) is 0 Å². The summed E-state index contributed by atoms with van der Waals surface area (Å²) in [5.41, 5.74) is 2.23. The van der Waals surface area contributed by atoms with Crippen LogP contribution in [0.15, 0.2) is 18.2 Å². The zero-order valence-corrected chi connectivity index (χ0v) is 11.8. The fourth-order valence-electron chi connectivity index (χ4n) is 2.29. The van der Waals surface area contributed by atoms with Crippen molar-refractivity contribution in [1.29, 1.82) is 0 Å². The molecule has 0 radical (unpaired) electrons. The van der Waals surface area contributed by atoms with Crippen LogP contribution in [0.4, 0.5) is 5.69 Å². The molecule has 3 nitrogen and oxygen atoms in total. The van der Waals surface area contributed by atoms with Crippen molar-refractivity contribution < 1.29 is 4.74 Å². The van der Waals surface area contributed by atoms with Crippen molar-refractivity contribution in [2.45, 2.75) is 32.4 Å². The highest BCUT2D eigenvalue weighted by molar-refractivity contribution is 6.31. The van der Waals surface area contributed by atoms with E-state index in [0.717, 1.165) is 42.5 Å². The quantitative estimate of drug-likeness (QED) is 0.881. The second-order valence-corrected chi connectivity index (χ2v) is 5.33. The monoisotopic (exact) mass is 268 g/mol. The molecule has 1 aliphatic heterocycles. The molecule has 0 aliphatic carbocycles. The SMILES string of the molecule is Cc1c(Cl)cccc1NC(C)CC1COCCN1. The molecule has 18 heavy (non-hydrogen) atoms. The summed E-state index contributed by atoms with van der Waals surface area (Å²) in [6.07, 6.45) is 1.05. The summed E-state index contributed by atoms with van der Waals surface area (Å²) >= 11 is 6.12. The molecule has 2 rings (SSSR count). The molecule has 0 saturated carbocycles. The van der Waals surface area contributed by atoms with Crippen molar-refractivity contribution >= 4 is 17.3 Å². The zero-order valence-electron chi connectivity index (χ0n) is 11.0. The molecular formula is C14H21ClN2O. The predicted octanol–water partition coefficient (Wildman–Crippen LogP) is 2.83. The van der Waals surface area contributed by atoms with E-state index in [0.29, 0.717) is 12.1 Å². The van der Waals surface area contributed by atoms with Gasteiger partial charge in [-0.3, -0.25) is 0 Å². The summed E-state index contributed by atoms with van der Waals surface area (Å²) in [5.74, 6) is 0. The van der Waals surface area contributed by atoms with E-state index in [9.17, 15) is 0 Å². The molecule has 1 aliphatic rings. The van der Waals surface area contributed by atoms with Crippen LogP contribution in [-0.2, 0) is 4.74 Å². The van der Waals surface area contributed by atoms with Gasteiger partial charge in [-0.15, -0.1) is 0 Å². The number of ether oxygens (including phenoxy) is 1.